The maximum atomic E-state index is 12.0. The van der Waals surface area contributed by atoms with Crippen LogP contribution in [0.4, 0.5) is 4.79 Å². The van der Waals surface area contributed by atoms with E-state index in [1.807, 2.05) is 0 Å². The van der Waals surface area contributed by atoms with E-state index in [2.05, 4.69) is 4.74 Å². The van der Waals surface area contributed by atoms with E-state index < -0.39 is 12.1 Å². The Morgan fingerprint density at radius 2 is 1.95 bits per heavy atom. The molecular formula is C14H15NO5. The zero-order valence-corrected chi connectivity index (χ0v) is 11.0. The molecule has 1 aliphatic heterocycles. The summed E-state index contributed by atoms with van der Waals surface area (Å²) in [5, 5.41) is 8.86. The molecule has 1 atom stereocenters. The fourth-order valence-corrected chi connectivity index (χ4v) is 2.31. The molecule has 1 fully saturated rings. The molecule has 0 spiro atoms. The summed E-state index contributed by atoms with van der Waals surface area (Å²) in [7, 11) is 1.31. The van der Waals surface area contributed by atoms with Crippen LogP contribution in [0.5, 0.6) is 0 Å². The summed E-state index contributed by atoms with van der Waals surface area (Å²) in [6, 6.07) is 6.65. The number of carbonyl (C=O) groups is 3. The van der Waals surface area contributed by atoms with Crippen LogP contribution in [0, 0.1) is 0 Å². The smallest absolute Gasteiger partial charge is 0.407 e. The minimum atomic E-state index is -1.07. The number of methoxy groups -OCH3 is 1. The number of Topliss-reactive ketones (excluding diaryl/α,β-unsaturated/α-hetero) is 1. The maximum absolute atomic E-state index is 12.0. The predicted molar refractivity (Wildman–Crippen MR) is 69.7 cm³/mol. The highest BCUT2D eigenvalue weighted by Crippen LogP contribution is 2.25. The summed E-state index contributed by atoms with van der Waals surface area (Å²) in [6.07, 6.45) is -0.610. The molecule has 0 aliphatic carbocycles. The van der Waals surface area contributed by atoms with Gasteiger partial charge in [0.2, 0.25) is 0 Å². The summed E-state index contributed by atoms with van der Waals surface area (Å²) < 4.78 is 4.61. The number of amides is 1. The van der Waals surface area contributed by atoms with Crippen molar-refractivity contribution < 1.29 is 24.2 Å². The van der Waals surface area contributed by atoms with Crippen molar-refractivity contribution in [3.05, 3.63) is 35.4 Å². The van der Waals surface area contributed by atoms with Crippen LogP contribution in [-0.4, -0.2) is 48.1 Å². The number of ketones is 1. The lowest BCUT2D eigenvalue weighted by atomic mass is 9.88. The Labute approximate surface area is 115 Å². The number of benzene rings is 1. The van der Waals surface area contributed by atoms with Gasteiger partial charge in [0.1, 0.15) is 0 Å². The SMILES string of the molecule is COC(=O)c1ccc(C2CCN(C(=O)O)CC2=O)cc1. The Hall–Kier alpha value is -2.37. The van der Waals surface area contributed by atoms with Gasteiger partial charge in [0, 0.05) is 12.5 Å². The molecule has 0 saturated carbocycles. The highest BCUT2D eigenvalue weighted by molar-refractivity contribution is 5.92. The van der Waals surface area contributed by atoms with Gasteiger partial charge in [-0.25, -0.2) is 9.59 Å². The van der Waals surface area contributed by atoms with Gasteiger partial charge in [0.15, 0.2) is 5.78 Å². The van der Waals surface area contributed by atoms with Crippen molar-refractivity contribution in [3.63, 3.8) is 0 Å². The van der Waals surface area contributed by atoms with Crippen LogP contribution < -0.4 is 0 Å². The molecule has 1 heterocycles. The van der Waals surface area contributed by atoms with Gasteiger partial charge in [0.25, 0.3) is 0 Å². The maximum Gasteiger partial charge on any atom is 0.407 e. The van der Waals surface area contributed by atoms with Gasteiger partial charge >= 0.3 is 12.1 Å². The first kappa shape index (κ1) is 14.0. The van der Waals surface area contributed by atoms with Crippen LogP contribution in [0.2, 0.25) is 0 Å². The van der Waals surface area contributed by atoms with Gasteiger partial charge in [-0.3, -0.25) is 4.79 Å². The number of likely N-dealkylation sites (tertiary alicyclic amines) is 1. The summed E-state index contributed by atoms with van der Waals surface area (Å²) in [4.78, 5) is 35.2. The van der Waals surface area contributed by atoms with Crippen LogP contribution >= 0.6 is 0 Å². The van der Waals surface area contributed by atoms with Gasteiger partial charge in [-0.1, -0.05) is 12.1 Å². The molecule has 1 aliphatic rings. The first-order chi connectivity index (χ1) is 9.52. The van der Waals surface area contributed by atoms with Crippen molar-refractivity contribution in [1.82, 2.24) is 4.90 Å². The fraction of sp³-hybridized carbons (Fsp3) is 0.357. The Balaban J connectivity index is 2.11. The number of carboxylic acid groups (broad SMARTS) is 1. The quantitative estimate of drug-likeness (QED) is 0.828. The van der Waals surface area contributed by atoms with Crippen LogP contribution in [0.25, 0.3) is 0 Å². The van der Waals surface area contributed by atoms with E-state index in [4.69, 9.17) is 5.11 Å². The summed E-state index contributed by atoms with van der Waals surface area (Å²) >= 11 is 0. The third-order valence-corrected chi connectivity index (χ3v) is 3.43. The number of piperidine rings is 1. The zero-order valence-electron chi connectivity index (χ0n) is 11.0. The van der Waals surface area contributed by atoms with Crippen molar-refractivity contribution in [2.45, 2.75) is 12.3 Å². The average molecular weight is 277 g/mol. The second kappa shape index (κ2) is 5.73. The summed E-state index contributed by atoms with van der Waals surface area (Å²) in [5.74, 6) is -0.856. The Morgan fingerprint density at radius 3 is 2.45 bits per heavy atom. The number of hydrogen-bond donors (Lipinski definition) is 1. The monoisotopic (exact) mass is 277 g/mol. The third-order valence-electron chi connectivity index (χ3n) is 3.43. The lowest BCUT2D eigenvalue weighted by molar-refractivity contribution is -0.123. The van der Waals surface area contributed by atoms with Crippen molar-refractivity contribution in [3.8, 4) is 0 Å². The first-order valence-electron chi connectivity index (χ1n) is 6.21. The molecule has 106 valence electrons. The van der Waals surface area contributed by atoms with Crippen molar-refractivity contribution in [1.29, 1.82) is 0 Å². The number of ether oxygens (including phenoxy) is 1. The molecule has 1 saturated heterocycles. The molecule has 1 amide bonds. The van der Waals surface area contributed by atoms with E-state index in [0.29, 0.717) is 18.5 Å². The second-order valence-corrected chi connectivity index (χ2v) is 4.63. The minimum absolute atomic E-state index is 0.0846. The molecule has 1 aromatic carbocycles. The van der Waals surface area contributed by atoms with Crippen LogP contribution in [-0.2, 0) is 9.53 Å². The van der Waals surface area contributed by atoms with E-state index in [-0.39, 0.29) is 18.2 Å². The molecule has 2 rings (SSSR count). The van der Waals surface area contributed by atoms with Crippen molar-refractivity contribution in [2.24, 2.45) is 0 Å². The molecule has 1 N–H and O–H groups in total. The third kappa shape index (κ3) is 2.79. The van der Waals surface area contributed by atoms with E-state index >= 15 is 0 Å². The van der Waals surface area contributed by atoms with Crippen LogP contribution in [0.15, 0.2) is 24.3 Å². The Kier molecular flexibility index (Phi) is 4.02. The highest BCUT2D eigenvalue weighted by Gasteiger charge is 2.30. The summed E-state index contributed by atoms with van der Waals surface area (Å²) in [5.41, 5.74) is 1.22. The highest BCUT2D eigenvalue weighted by atomic mass is 16.5. The number of carbonyl (C=O) groups excluding carboxylic acids is 2. The van der Waals surface area contributed by atoms with E-state index in [1.165, 1.54) is 7.11 Å². The van der Waals surface area contributed by atoms with Crippen LogP contribution in [0.3, 0.4) is 0 Å². The van der Waals surface area contributed by atoms with Crippen molar-refractivity contribution >= 4 is 17.8 Å². The Morgan fingerprint density at radius 1 is 1.30 bits per heavy atom. The van der Waals surface area contributed by atoms with E-state index in [0.717, 1.165) is 10.5 Å². The largest absolute Gasteiger partial charge is 0.465 e. The van der Waals surface area contributed by atoms with E-state index in [1.54, 1.807) is 24.3 Å². The number of esters is 1. The number of hydrogen-bond acceptors (Lipinski definition) is 4. The second-order valence-electron chi connectivity index (χ2n) is 4.63. The molecule has 20 heavy (non-hydrogen) atoms. The standard InChI is InChI=1S/C14H15NO5/c1-20-13(17)10-4-2-9(3-5-10)11-6-7-15(14(18)19)8-12(11)16/h2-5,11H,6-8H2,1H3,(H,18,19). The van der Waals surface area contributed by atoms with Gasteiger partial charge in [-0.15, -0.1) is 0 Å². The predicted octanol–water partition coefficient (Wildman–Crippen LogP) is 1.51. The lowest BCUT2D eigenvalue weighted by Gasteiger charge is -2.29. The van der Waals surface area contributed by atoms with Crippen molar-refractivity contribution in [2.75, 3.05) is 20.2 Å². The minimum Gasteiger partial charge on any atom is -0.465 e. The molecule has 6 heteroatoms. The van der Waals surface area contributed by atoms with E-state index in [9.17, 15) is 14.4 Å². The molecule has 0 bridgehead atoms. The first-order valence-corrected chi connectivity index (χ1v) is 6.21. The molecule has 1 unspecified atom stereocenters. The molecule has 0 radical (unpaired) electrons. The van der Waals surface area contributed by atoms with Gasteiger partial charge in [-0.05, 0) is 24.1 Å². The normalized spacial score (nSPS) is 18.8. The number of nitrogens with zero attached hydrogens (tertiary/aromatic N) is 1. The molecule has 1 aromatic rings. The average Bonchev–Trinajstić information content (AvgIpc) is 2.46. The fourth-order valence-electron chi connectivity index (χ4n) is 2.31. The molecular weight excluding hydrogens is 262 g/mol. The molecule has 0 aromatic heterocycles. The molecule has 6 nitrogen and oxygen atoms in total. The Bertz CT molecular complexity index is 537. The lowest BCUT2D eigenvalue weighted by Crippen LogP contribution is -2.42. The topological polar surface area (TPSA) is 83.9 Å². The van der Waals surface area contributed by atoms with Gasteiger partial charge in [-0.2, -0.15) is 0 Å². The van der Waals surface area contributed by atoms with Gasteiger partial charge < -0.3 is 14.7 Å². The van der Waals surface area contributed by atoms with Gasteiger partial charge in [0.05, 0.1) is 19.2 Å². The zero-order chi connectivity index (χ0) is 14.7. The summed E-state index contributed by atoms with van der Waals surface area (Å²) in [6.45, 7) is 0.253. The number of rotatable bonds is 2. The van der Waals surface area contributed by atoms with Crippen LogP contribution in [0.1, 0.15) is 28.3 Å².